The number of hydrogen-bond donors (Lipinski definition) is 0. The van der Waals surface area contributed by atoms with Crippen molar-refractivity contribution in [2.45, 2.75) is 64.6 Å². The molecule has 2 heterocycles. The predicted octanol–water partition coefficient (Wildman–Crippen LogP) is 4.17. The smallest absolute Gasteiger partial charge is 0.109 e. The van der Waals surface area contributed by atoms with Crippen LogP contribution in [0.3, 0.4) is 0 Å². The van der Waals surface area contributed by atoms with Crippen LogP contribution in [0.2, 0.25) is 0 Å². The fourth-order valence-electron chi connectivity index (χ4n) is 3.43. The van der Waals surface area contributed by atoms with E-state index in [2.05, 4.69) is 13.0 Å². The lowest BCUT2D eigenvalue weighted by Gasteiger charge is -2.28. The van der Waals surface area contributed by atoms with Gasteiger partial charge < -0.3 is 9.15 Å². The molecule has 0 spiro atoms. The average molecular weight is 234 g/mol. The SMILES string of the molecule is CCCc1oc(C)cc1C1CC2CCC(C2)O1. The van der Waals surface area contributed by atoms with E-state index in [0.29, 0.717) is 12.2 Å². The first-order chi connectivity index (χ1) is 8.26. The van der Waals surface area contributed by atoms with Crippen LogP contribution in [0.25, 0.3) is 0 Å². The molecule has 2 heteroatoms. The maximum atomic E-state index is 6.20. The van der Waals surface area contributed by atoms with Gasteiger partial charge in [-0.1, -0.05) is 6.92 Å². The van der Waals surface area contributed by atoms with Crippen LogP contribution in [0.5, 0.6) is 0 Å². The van der Waals surface area contributed by atoms with Gasteiger partial charge in [0, 0.05) is 12.0 Å². The molecular formula is C15H22O2. The summed E-state index contributed by atoms with van der Waals surface area (Å²) in [6.45, 7) is 4.24. The Bertz CT molecular complexity index is 382. The van der Waals surface area contributed by atoms with Crippen LogP contribution in [0.1, 0.15) is 62.2 Å². The first-order valence-corrected chi connectivity index (χ1v) is 7.01. The maximum Gasteiger partial charge on any atom is 0.109 e. The van der Waals surface area contributed by atoms with Gasteiger partial charge in [-0.05, 0) is 51.0 Å². The van der Waals surface area contributed by atoms with E-state index in [1.165, 1.54) is 31.2 Å². The normalized spacial score (nSPS) is 32.0. The summed E-state index contributed by atoms with van der Waals surface area (Å²) >= 11 is 0. The Labute approximate surface area is 103 Å². The highest BCUT2D eigenvalue weighted by atomic mass is 16.5. The van der Waals surface area contributed by atoms with E-state index >= 15 is 0 Å². The predicted molar refractivity (Wildman–Crippen MR) is 67.0 cm³/mol. The van der Waals surface area contributed by atoms with E-state index in [9.17, 15) is 0 Å². The minimum atomic E-state index is 0.306. The fraction of sp³-hybridized carbons (Fsp3) is 0.733. The van der Waals surface area contributed by atoms with Gasteiger partial charge in [-0.15, -0.1) is 0 Å². The van der Waals surface area contributed by atoms with Crippen molar-refractivity contribution < 1.29 is 9.15 Å². The standard InChI is InChI=1S/C15H22O2/c1-3-4-14-13(7-10(2)16-14)15-9-11-5-6-12(8-11)17-15/h7,11-12,15H,3-6,8-9H2,1-2H3. The van der Waals surface area contributed by atoms with E-state index in [0.717, 1.165) is 30.3 Å². The van der Waals surface area contributed by atoms with Crippen LogP contribution >= 0.6 is 0 Å². The molecule has 0 N–H and O–H groups in total. The van der Waals surface area contributed by atoms with Gasteiger partial charge in [0.1, 0.15) is 11.5 Å². The van der Waals surface area contributed by atoms with Gasteiger partial charge in [0.25, 0.3) is 0 Å². The molecule has 3 rings (SSSR count). The molecule has 1 saturated carbocycles. The van der Waals surface area contributed by atoms with Crippen LogP contribution in [-0.4, -0.2) is 6.10 Å². The lowest BCUT2D eigenvalue weighted by atomic mass is 9.93. The van der Waals surface area contributed by atoms with Crippen molar-refractivity contribution in [1.82, 2.24) is 0 Å². The molecule has 1 aromatic rings. The van der Waals surface area contributed by atoms with Gasteiger partial charge in [0.05, 0.1) is 12.2 Å². The zero-order chi connectivity index (χ0) is 11.8. The molecule has 1 aromatic heterocycles. The van der Waals surface area contributed by atoms with E-state index in [-0.39, 0.29) is 0 Å². The number of furan rings is 1. The highest BCUT2D eigenvalue weighted by molar-refractivity contribution is 5.25. The summed E-state index contributed by atoms with van der Waals surface area (Å²) in [6.07, 6.45) is 8.12. The van der Waals surface area contributed by atoms with Crippen molar-refractivity contribution in [1.29, 1.82) is 0 Å². The summed E-state index contributed by atoms with van der Waals surface area (Å²) in [4.78, 5) is 0. The molecule has 94 valence electrons. The third-order valence-electron chi connectivity index (χ3n) is 4.19. The van der Waals surface area contributed by atoms with Crippen LogP contribution < -0.4 is 0 Å². The molecule has 2 fully saturated rings. The van der Waals surface area contributed by atoms with Gasteiger partial charge in [-0.25, -0.2) is 0 Å². The fourth-order valence-corrected chi connectivity index (χ4v) is 3.43. The van der Waals surface area contributed by atoms with Crippen molar-refractivity contribution in [3.8, 4) is 0 Å². The third kappa shape index (κ3) is 2.15. The van der Waals surface area contributed by atoms with Crippen molar-refractivity contribution in [2.75, 3.05) is 0 Å². The Balaban J connectivity index is 1.83. The summed E-state index contributed by atoms with van der Waals surface area (Å²) in [5.74, 6) is 3.09. The molecule has 2 aliphatic rings. The zero-order valence-electron chi connectivity index (χ0n) is 10.9. The molecule has 0 amide bonds. The van der Waals surface area contributed by atoms with Crippen molar-refractivity contribution in [3.05, 3.63) is 23.2 Å². The second-order valence-electron chi connectivity index (χ2n) is 5.65. The van der Waals surface area contributed by atoms with Gasteiger partial charge >= 0.3 is 0 Å². The van der Waals surface area contributed by atoms with Crippen molar-refractivity contribution >= 4 is 0 Å². The first-order valence-electron chi connectivity index (χ1n) is 7.01. The Kier molecular flexibility index (Phi) is 2.99. The molecule has 3 unspecified atom stereocenters. The van der Waals surface area contributed by atoms with Crippen LogP contribution in [0.15, 0.2) is 10.5 Å². The number of rotatable bonds is 3. The molecule has 0 aromatic carbocycles. The first kappa shape index (κ1) is 11.3. The third-order valence-corrected chi connectivity index (χ3v) is 4.19. The second-order valence-corrected chi connectivity index (χ2v) is 5.65. The average Bonchev–Trinajstić information content (AvgIpc) is 2.83. The second kappa shape index (κ2) is 4.49. The number of fused-ring (bicyclic) bond motifs is 2. The molecule has 0 radical (unpaired) electrons. The van der Waals surface area contributed by atoms with Gasteiger partial charge in [0.2, 0.25) is 0 Å². The minimum absolute atomic E-state index is 0.306. The summed E-state index contributed by atoms with van der Waals surface area (Å²) in [5.41, 5.74) is 1.33. The topological polar surface area (TPSA) is 22.4 Å². The zero-order valence-corrected chi connectivity index (χ0v) is 10.9. The summed E-state index contributed by atoms with van der Waals surface area (Å²) in [7, 11) is 0. The molecule has 1 aliphatic heterocycles. The Morgan fingerprint density at radius 1 is 1.29 bits per heavy atom. The van der Waals surface area contributed by atoms with Crippen LogP contribution in [-0.2, 0) is 11.2 Å². The molecule has 17 heavy (non-hydrogen) atoms. The number of ether oxygens (including phenoxy) is 1. The number of hydrogen-bond acceptors (Lipinski definition) is 2. The van der Waals surface area contributed by atoms with Gasteiger partial charge in [-0.2, -0.15) is 0 Å². The number of aryl methyl sites for hydroxylation is 2. The molecule has 2 bridgehead atoms. The minimum Gasteiger partial charge on any atom is -0.466 e. The Hall–Kier alpha value is -0.760. The molecular weight excluding hydrogens is 212 g/mol. The van der Waals surface area contributed by atoms with Crippen LogP contribution in [0, 0.1) is 12.8 Å². The van der Waals surface area contributed by atoms with E-state index in [1.807, 2.05) is 6.92 Å². The monoisotopic (exact) mass is 234 g/mol. The molecule has 1 aliphatic carbocycles. The quantitative estimate of drug-likeness (QED) is 0.783. The lowest BCUT2D eigenvalue weighted by molar-refractivity contribution is -0.0451. The van der Waals surface area contributed by atoms with Gasteiger partial charge in [0.15, 0.2) is 0 Å². The largest absolute Gasteiger partial charge is 0.466 e. The van der Waals surface area contributed by atoms with E-state index in [1.54, 1.807) is 0 Å². The summed E-state index contributed by atoms with van der Waals surface area (Å²) in [6, 6.07) is 2.19. The highest BCUT2D eigenvalue weighted by Crippen LogP contribution is 2.44. The maximum absolute atomic E-state index is 6.20. The summed E-state index contributed by atoms with van der Waals surface area (Å²) in [5, 5.41) is 0. The van der Waals surface area contributed by atoms with Crippen molar-refractivity contribution in [3.63, 3.8) is 0 Å². The molecule has 2 nitrogen and oxygen atoms in total. The van der Waals surface area contributed by atoms with Crippen LogP contribution in [0.4, 0.5) is 0 Å². The van der Waals surface area contributed by atoms with Gasteiger partial charge in [-0.3, -0.25) is 0 Å². The Morgan fingerprint density at radius 3 is 2.94 bits per heavy atom. The van der Waals surface area contributed by atoms with E-state index in [4.69, 9.17) is 9.15 Å². The Morgan fingerprint density at radius 2 is 2.18 bits per heavy atom. The molecule has 3 atom stereocenters. The van der Waals surface area contributed by atoms with E-state index < -0.39 is 0 Å². The van der Waals surface area contributed by atoms with Crippen molar-refractivity contribution in [2.24, 2.45) is 5.92 Å². The summed E-state index contributed by atoms with van der Waals surface area (Å²) < 4.78 is 12.0. The molecule has 1 saturated heterocycles. The lowest BCUT2D eigenvalue weighted by Crippen LogP contribution is -2.21. The highest BCUT2D eigenvalue weighted by Gasteiger charge is 2.36.